The van der Waals surface area contributed by atoms with E-state index in [1.54, 1.807) is 32.0 Å². The van der Waals surface area contributed by atoms with Crippen molar-refractivity contribution in [1.82, 2.24) is 10.2 Å². The molecule has 94 valence electrons. The highest BCUT2D eigenvalue weighted by atomic mass is 19.1. The van der Waals surface area contributed by atoms with Gasteiger partial charge in [0.2, 0.25) is 5.91 Å². The lowest BCUT2D eigenvalue weighted by Gasteiger charge is -2.17. The van der Waals surface area contributed by atoms with E-state index in [4.69, 9.17) is 0 Å². The standard InChI is InChI=1S/C13H19FN2O/c1-10-8-11(4-5-12(10)14)6-7-16(3)13(17)9-15-2/h4-5,8,15H,6-7,9H2,1-3H3. The third-order valence-electron chi connectivity index (χ3n) is 2.71. The molecule has 0 atom stereocenters. The molecule has 0 aliphatic heterocycles. The minimum Gasteiger partial charge on any atom is -0.344 e. The molecule has 0 spiro atoms. The zero-order valence-electron chi connectivity index (χ0n) is 10.6. The summed E-state index contributed by atoms with van der Waals surface area (Å²) in [5.41, 5.74) is 1.69. The lowest BCUT2D eigenvalue weighted by Crippen LogP contribution is -2.35. The van der Waals surface area contributed by atoms with Crippen molar-refractivity contribution in [2.45, 2.75) is 13.3 Å². The predicted molar refractivity (Wildman–Crippen MR) is 66.4 cm³/mol. The van der Waals surface area contributed by atoms with Crippen LogP contribution in [0.2, 0.25) is 0 Å². The highest BCUT2D eigenvalue weighted by molar-refractivity contribution is 5.77. The lowest BCUT2D eigenvalue weighted by molar-refractivity contribution is -0.128. The maximum absolute atomic E-state index is 13.1. The summed E-state index contributed by atoms with van der Waals surface area (Å²) in [6.07, 6.45) is 0.743. The van der Waals surface area contributed by atoms with Crippen LogP contribution in [0.25, 0.3) is 0 Å². The van der Waals surface area contributed by atoms with Gasteiger partial charge in [-0.25, -0.2) is 4.39 Å². The van der Waals surface area contributed by atoms with Crippen molar-refractivity contribution in [3.05, 3.63) is 35.1 Å². The van der Waals surface area contributed by atoms with E-state index < -0.39 is 0 Å². The van der Waals surface area contributed by atoms with Crippen LogP contribution in [0, 0.1) is 12.7 Å². The van der Waals surface area contributed by atoms with Gasteiger partial charge in [0.1, 0.15) is 5.82 Å². The zero-order chi connectivity index (χ0) is 12.8. The summed E-state index contributed by atoms with van der Waals surface area (Å²) in [7, 11) is 3.52. The van der Waals surface area contributed by atoms with E-state index in [9.17, 15) is 9.18 Å². The summed E-state index contributed by atoms with van der Waals surface area (Å²) in [6.45, 7) is 2.74. The molecule has 4 heteroatoms. The fourth-order valence-corrected chi connectivity index (χ4v) is 1.57. The van der Waals surface area contributed by atoms with Gasteiger partial charge >= 0.3 is 0 Å². The van der Waals surface area contributed by atoms with Crippen molar-refractivity contribution in [3.63, 3.8) is 0 Å². The SMILES string of the molecule is CNCC(=O)N(C)CCc1ccc(F)c(C)c1. The number of hydrogen-bond donors (Lipinski definition) is 1. The fourth-order valence-electron chi connectivity index (χ4n) is 1.57. The van der Waals surface area contributed by atoms with Gasteiger partial charge in [-0.05, 0) is 37.6 Å². The van der Waals surface area contributed by atoms with Gasteiger partial charge in [0.05, 0.1) is 6.54 Å². The monoisotopic (exact) mass is 238 g/mol. The second kappa shape index (κ2) is 6.35. The minimum absolute atomic E-state index is 0.0614. The first kappa shape index (κ1) is 13.6. The number of halogens is 1. The number of aryl methyl sites for hydroxylation is 1. The van der Waals surface area contributed by atoms with Gasteiger partial charge in [0.15, 0.2) is 0 Å². The molecule has 0 saturated heterocycles. The van der Waals surface area contributed by atoms with Gasteiger partial charge in [-0.15, -0.1) is 0 Å². The zero-order valence-corrected chi connectivity index (χ0v) is 10.6. The van der Waals surface area contributed by atoms with Crippen molar-refractivity contribution >= 4 is 5.91 Å². The molecular formula is C13H19FN2O. The number of nitrogens with one attached hydrogen (secondary N) is 1. The van der Waals surface area contributed by atoms with Crippen molar-refractivity contribution in [2.24, 2.45) is 0 Å². The van der Waals surface area contributed by atoms with Gasteiger partial charge in [-0.3, -0.25) is 4.79 Å². The minimum atomic E-state index is -0.187. The third-order valence-corrected chi connectivity index (χ3v) is 2.71. The summed E-state index contributed by atoms with van der Waals surface area (Å²) >= 11 is 0. The molecule has 0 aliphatic rings. The quantitative estimate of drug-likeness (QED) is 0.840. The van der Waals surface area contributed by atoms with E-state index >= 15 is 0 Å². The summed E-state index contributed by atoms with van der Waals surface area (Å²) in [5.74, 6) is -0.125. The van der Waals surface area contributed by atoms with Gasteiger partial charge in [-0.1, -0.05) is 12.1 Å². The molecule has 0 heterocycles. The van der Waals surface area contributed by atoms with Crippen LogP contribution < -0.4 is 5.32 Å². The molecule has 0 unspecified atom stereocenters. The number of carbonyl (C=O) groups excluding carboxylic acids is 1. The number of carbonyl (C=O) groups is 1. The molecule has 1 N–H and O–H groups in total. The Labute approximate surface area is 102 Å². The molecule has 0 fully saturated rings. The highest BCUT2D eigenvalue weighted by Crippen LogP contribution is 2.10. The van der Waals surface area contributed by atoms with Gasteiger partial charge in [0, 0.05) is 13.6 Å². The largest absolute Gasteiger partial charge is 0.344 e. The van der Waals surface area contributed by atoms with Crippen molar-refractivity contribution in [1.29, 1.82) is 0 Å². The normalized spacial score (nSPS) is 10.4. The highest BCUT2D eigenvalue weighted by Gasteiger charge is 2.07. The Morgan fingerprint density at radius 2 is 2.18 bits per heavy atom. The average Bonchev–Trinajstić information content (AvgIpc) is 2.30. The summed E-state index contributed by atoms with van der Waals surface area (Å²) < 4.78 is 13.1. The summed E-state index contributed by atoms with van der Waals surface area (Å²) in [4.78, 5) is 13.2. The van der Waals surface area contributed by atoms with Crippen LogP contribution in [0.4, 0.5) is 4.39 Å². The van der Waals surface area contributed by atoms with Crippen LogP contribution in [-0.2, 0) is 11.2 Å². The van der Waals surface area contributed by atoms with Gasteiger partial charge in [-0.2, -0.15) is 0 Å². The third kappa shape index (κ3) is 4.15. The Hall–Kier alpha value is -1.42. The lowest BCUT2D eigenvalue weighted by atomic mass is 10.1. The maximum Gasteiger partial charge on any atom is 0.236 e. The van der Waals surface area contributed by atoms with Crippen LogP contribution in [0.1, 0.15) is 11.1 Å². The molecule has 3 nitrogen and oxygen atoms in total. The number of likely N-dealkylation sites (N-methyl/N-ethyl adjacent to an activating group) is 2. The smallest absolute Gasteiger partial charge is 0.236 e. The molecule has 17 heavy (non-hydrogen) atoms. The van der Waals surface area contributed by atoms with Crippen LogP contribution in [-0.4, -0.2) is 38.0 Å². The summed E-state index contributed by atoms with van der Waals surface area (Å²) in [6, 6.07) is 5.06. The van der Waals surface area contributed by atoms with Crippen LogP contribution in [0.15, 0.2) is 18.2 Å². The van der Waals surface area contributed by atoms with Crippen LogP contribution in [0.3, 0.4) is 0 Å². The average molecular weight is 238 g/mol. The molecule has 1 amide bonds. The van der Waals surface area contributed by atoms with Gasteiger partial charge < -0.3 is 10.2 Å². The molecule has 0 saturated carbocycles. The van der Waals surface area contributed by atoms with E-state index in [1.807, 2.05) is 6.07 Å². The topological polar surface area (TPSA) is 32.3 Å². The van der Waals surface area contributed by atoms with Crippen LogP contribution >= 0.6 is 0 Å². The number of nitrogens with zero attached hydrogens (tertiary/aromatic N) is 1. The predicted octanol–water partition coefficient (Wildman–Crippen LogP) is 1.35. The summed E-state index contributed by atoms with van der Waals surface area (Å²) in [5, 5.41) is 2.82. The van der Waals surface area contributed by atoms with E-state index in [0.29, 0.717) is 18.7 Å². The Balaban J connectivity index is 2.50. The Morgan fingerprint density at radius 3 is 2.76 bits per heavy atom. The van der Waals surface area contributed by atoms with E-state index in [1.165, 1.54) is 6.07 Å². The number of hydrogen-bond acceptors (Lipinski definition) is 2. The van der Waals surface area contributed by atoms with Gasteiger partial charge in [0.25, 0.3) is 0 Å². The first-order chi connectivity index (χ1) is 8.04. The van der Waals surface area contributed by atoms with Crippen molar-refractivity contribution < 1.29 is 9.18 Å². The van der Waals surface area contributed by atoms with Crippen LogP contribution in [0.5, 0.6) is 0 Å². The second-order valence-corrected chi connectivity index (χ2v) is 4.18. The number of benzene rings is 1. The van der Waals surface area contributed by atoms with E-state index in [-0.39, 0.29) is 11.7 Å². The van der Waals surface area contributed by atoms with E-state index in [0.717, 1.165) is 12.0 Å². The molecule has 1 aromatic carbocycles. The molecule has 1 aromatic rings. The Morgan fingerprint density at radius 1 is 1.47 bits per heavy atom. The molecule has 0 aromatic heterocycles. The maximum atomic E-state index is 13.1. The first-order valence-electron chi connectivity index (χ1n) is 5.68. The molecule has 0 radical (unpaired) electrons. The van der Waals surface area contributed by atoms with E-state index in [2.05, 4.69) is 5.32 Å². The molecule has 0 aliphatic carbocycles. The number of rotatable bonds is 5. The van der Waals surface area contributed by atoms with Crippen molar-refractivity contribution in [2.75, 3.05) is 27.2 Å². The Kier molecular flexibility index (Phi) is 5.10. The van der Waals surface area contributed by atoms with Crippen molar-refractivity contribution in [3.8, 4) is 0 Å². The Bertz CT molecular complexity index is 393. The second-order valence-electron chi connectivity index (χ2n) is 4.18. The molecular weight excluding hydrogens is 219 g/mol. The number of amides is 1. The first-order valence-corrected chi connectivity index (χ1v) is 5.68. The fraction of sp³-hybridized carbons (Fsp3) is 0.462. The molecule has 1 rings (SSSR count). The molecule has 0 bridgehead atoms.